The molecule has 1 fully saturated rings. The number of hydrogen-bond donors (Lipinski definition) is 1. The molecule has 1 heterocycles. The Bertz CT molecular complexity index is 473. The predicted molar refractivity (Wildman–Crippen MR) is 81.2 cm³/mol. The smallest absolute Gasteiger partial charge is 0.123 e. The average Bonchev–Trinajstić information content (AvgIpc) is 2.38. The van der Waals surface area contributed by atoms with E-state index in [1.165, 1.54) is 6.07 Å². The normalized spacial score (nSPS) is 21.9. The Hall–Kier alpha value is -0.970. The molecule has 1 aliphatic heterocycles. The summed E-state index contributed by atoms with van der Waals surface area (Å²) in [6, 6.07) is 5.09. The van der Waals surface area contributed by atoms with Gasteiger partial charge in [-0.25, -0.2) is 4.39 Å². The highest BCUT2D eigenvalue weighted by Crippen LogP contribution is 2.29. The van der Waals surface area contributed by atoms with E-state index in [9.17, 15) is 4.39 Å². The van der Waals surface area contributed by atoms with Crippen LogP contribution >= 0.6 is 0 Å². The Morgan fingerprint density at radius 3 is 2.65 bits per heavy atom. The quantitative estimate of drug-likeness (QED) is 0.920. The maximum absolute atomic E-state index is 13.6. The minimum Gasteiger partial charge on any atom is -0.329 e. The van der Waals surface area contributed by atoms with Gasteiger partial charge in [0.1, 0.15) is 5.82 Å². The topological polar surface area (TPSA) is 32.5 Å². The van der Waals surface area contributed by atoms with E-state index in [0.29, 0.717) is 6.54 Å². The predicted octanol–water partition coefficient (Wildman–Crippen LogP) is 2.16. The van der Waals surface area contributed by atoms with Crippen LogP contribution in [-0.2, 0) is 0 Å². The lowest BCUT2D eigenvalue weighted by Crippen LogP contribution is -2.58. The van der Waals surface area contributed by atoms with E-state index in [4.69, 9.17) is 5.73 Å². The van der Waals surface area contributed by atoms with Gasteiger partial charge in [0.05, 0.1) is 0 Å². The molecule has 4 heteroatoms. The number of piperazine rings is 1. The van der Waals surface area contributed by atoms with Crippen LogP contribution in [0.1, 0.15) is 31.0 Å². The minimum atomic E-state index is -0.183. The van der Waals surface area contributed by atoms with Gasteiger partial charge in [-0.1, -0.05) is 6.07 Å². The third-order valence-electron chi connectivity index (χ3n) is 4.61. The molecule has 3 nitrogen and oxygen atoms in total. The van der Waals surface area contributed by atoms with Crippen molar-refractivity contribution in [1.82, 2.24) is 9.80 Å². The van der Waals surface area contributed by atoms with Crippen LogP contribution < -0.4 is 5.73 Å². The summed E-state index contributed by atoms with van der Waals surface area (Å²) in [5, 5.41) is 0. The molecule has 0 aromatic heterocycles. The van der Waals surface area contributed by atoms with Crippen LogP contribution in [0, 0.1) is 12.7 Å². The molecule has 0 saturated carbocycles. The highest BCUT2D eigenvalue weighted by Gasteiger charge is 2.34. The highest BCUT2D eigenvalue weighted by atomic mass is 19.1. The van der Waals surface area contributed by atoms with Crippen molar-refractivity contribution in [1.29, 1.82) is 0 Å². The summed E-state index contributed by atoms with van der Waals surface area (Å²) in [4.78, 5) is 4.76. The molecular weight excluding hydrogens is 253 g/mol. The lowest BCUT2D eigenvalue weighted by molar-refractivity contribution is 0.0178. The second-order valence-corrected chi connectivity index (χ2v) is 6.46. The van der Waals surface area contributed by atoms with Crippen molar-refractivity contribution in [2.45, 2.75) is 32.4 Å². The zero-order valence-corrected chi connectivity index (χ0v) is 13.0. The van der Waals surface area contributed by atoms with E-state index in [-0.39, 0.29) is 17.4 Å². The lowest BCUT2D eigenvalue weighted by Gasteiger charge is -2.48. The van der Waals surface area contributed by atoms with Crippen molar-refractivity contribution in [3.63, 3.8) is 0 Å². The maximum atomic E-state index is 13.6. The molecule has 1 aromatic carbocycles. The van der Waals surface area contributed by atoms with Gasteiger partial charge in [-0.2, -0.15) is 0 Å². The fourth-order valence-corrected chi connectivity index (χ4v) is 2.99. The molecule has 112 valence electrons. The Morgan fingerprint density at radius 1 is 1.35 bits per heavy atom. The zero-order chi connectivity index (χ0) is 14.9. The summed E-state index contributed by atoms with van der Waals surface area (Å²) in [5.74, 6) is -0.183. The third-order valence-corrected chi connectivity index (χ3v) is 4.61. The van der Waals surface area contributed by atoms with Crippen LogP contribution in [0.4, 0.5) is 4.39 Å². The first-order valence-electron chi connectivity index (χ1n) is 7.26. The maximum Gasteiger partial charge on any atom is 0.123 e. The number of aryl methyl sites for hydroxylation is 1. The second kappa shape index (κ2) is 5.80. The molecular formula is C16H26FN3. The van der Waals surface area contributed by atoms with Crippen molar-refractivity contribution >= 4 is 0 Å². The van der Waals surface area contributed by atoms with Gasteiger partial charge in [0.25, 0.3) is 0 Å². The highest BCUT2D eigenvalue weighted by molar-refractivity contribution is 5.30. The summed E-state index contributed by atoms with van der Waals surface area (Å²) in [5.41, 5.74) is 8.25. The Morgan fingerprint density at radius 2 is 2.05 bits per heavy atom. The Kier molecular flexibility index (Phi) is 4.47. The van der Waals surface area contributed by atoms with Crippen LogP contribution in [0.3, 0.4) is 0 Å². The van der Waals surface area contributed by atoms with E-state index in [0.717, 1.165) is 30.8 Å². The number of halogens is 1. The number of nitrogens with two attached hydrogens (primary N) is 1. The first-order chi connectivity index (χ1) is 9.35. The van der Waals surface area contributed by atoms with Crippen LogP contribution in [0.2, 0.25) is 0 Å². The third kappa shape index (κ3) is 3.03. The number of rotatable bonds is 3. The zero-order valence-electron chi connectivity index (χ0n) is 13.0. The molecule has 1 atom stereocenters. The SMILES string of the molecule is Cc1ccc(F)cc1C(CN)N1CCN(C)C(C)(C)C1. The summed E-state index contributed by atoms with van der Waals surface area (Å²) in [6.45, 7) is 9.95. The lowest BCUT2D eigenvalue weighted by atomic mass is 9.94. The largest absolute Gasteiger partial charge is 0.329 e. The summed E-state index contributed by atoms with van der Waals surface area (Å²) in [7, 11) is 2.15. The van der Waals surface area contributed by atoms with Gasteiger partial charge in [-0.15, -0.1) is 0 Å². The van der Waals surface area contributed by atoms with Crippen molar-refractivity contribution < 1.29 is 4.39 Å². The molecule has 0 bridgehead atoms. The Labute approximate surface area is 121 Å². The summed E-state index contributed by atoms with van der Waals surface area (Å²) in [6.07, 6.45) is 0. The van der Waals surface area contributed by atoms with E-state index in [1.54, 1.807) is 6.07 Å². The van der Waals surface area contributed by atoms with Crippen molar-refractivity contribution in [2.24, 2.45) is 5.73 Å². The fraction of sp³-hybridized carbons (Fsp3) is 0.625. The van der Waals surface area contributed by atoms with Crippen LogP contribution in [0.15, 0.2) is 18.2 Å². The molecule has 1 unspecified atom stereocenters. The van der Waals surface area contributed by atoms with E-state index < -0.39 is 0 Å². The molecule has 1 aromatic rings. The van der Waals surface area contributed by atoms with Gasteiger partial charge >= 0.3 is 0 Å². The van der Waals surface area contributed by atoms with Gasteiger partial charge in [-0.3, -0.25) is 9.80 Å². The molecule has 20 heavy (non-hydrogen) atoms. The summed E-state index contributed by atoms with van der Waals surface area (Å²) >= 11 is 0. The number of benzene rings is 1. The van der Waals surface area contributed by atoms with Gasteiger partial charge < -0.3 is 5.73 Å². The monoisotopic (exact) mass is 279 g/mol. The summed E-state index contributed by atoms with van der Waals surface area (Å²) < 4.78 is 13.6. The van der Waals surface area contributed by atoms with Crippen molar-refractivity contribution in [3.05, 3.63) is 35.1 Å². The molecule has 0 amide bonds. The van der Waals surface area contributed by atoms with E-state index in [2.05, 4.69) is 30.7 Å². The first kappa shape index (κ1) is 15.4. The molecule has 1 saturated heterocycles. The Balaban J connectivity index is 2.26. The second-order valence-electron chi connectivity index (χ2n) is 6.46. The first-order valence-corrected chi connectivity index (χ1v) is 7.26. The molecule has 2 rings (SSSR count). The van der Waals surface area contributed by atoms with Crippen LogP contribution in [-0.4, -0.2) is 48.6 Å². The van der Waals surface area contributed by atoms with Gasteiger partial charge in [-0.05, 0) is 51.1 Å². The minimum absolute atomic E-state index is 0.0960. The number of nitrogens with zero attached hydrogens (tertiary/aromatic N) is 2. The fourth-order valence-electron chi connectivity index (χ4n) is 2.99. The van der Waals surface area contributed by atoms with E-state index >= 15 is 0 Å². The van der Waals surface area contributed by atoms with Gasteiger partial charge in [0, 0.05) is 37.8 Å². The standard InChI is InChI=1S/C16H26FN3/c1-12-5-6-13(17)9-14(12)15(10-18)20-8-7-19(4)16(2,3)11-20/h5-6,9,15H,7-8,10-11,18H2,1-4H3. The van der Waals surface area contributed by atoms with Crippen molar-refractivity contribution in [2.75, 3.05) is 33.2 Å². The number of hydrogen-bond acceptors (Lipinski definition) is 3. The molecule has 0 radical (unpaired) electrons. The van der Waals surface area contributed by atoms with Crippen LogP contribution in [0.25, 0.3) is 0 Å². The van der Waals surface area contributed by atoms with E-state index in [1.807, 2.05) is 13.0 Å². The van der Waals surface area contributed by atoms with Gasteiger partial charge in [0.15, 0.2) is 0 Å². The van der Waals surface area contributed by atoms with Crippen molar-refractivity contribution in [3.8, 4) is 0 Å². The average molecular weight is 279 g/mol. The molecule has 0 aliphatic carbocycles. The molecule has 2 N–H and O–H groups in total. The van der Waals surface area contributed by atoms with Gasteiger partial charge in [0.2, 0.25) is 0 Å². The molecule has 0 spiro atoms. The van der Waals surface area contributed by atoms with Crippen LogP contribution in [0.5, 0.6) is 0 Å². The number of likely N-dealkylation sites (N-methyl/N-ethyl adjacent to an activating group) is 1. The molecule has 1 aliphatic rings.